The summed E-state index contributed by atoms with van der Waals surface area (Å²) in [5.74, 6) is 1.65. The summed E-state index contributed by atoms with van der Waals surface area (Å²) < 4.78 is 9.98. The van der Waals surface area contributed by atoms with Gasteiger partial charge in [-0.05, 0) is 111 Å². The fourth-order valence-corrected chi connectivity index (χ4v) is 18.1. The number of rotatable bonds is 8. The normalized spacial score (nSPS) is 18.8. The molecule has 9 rings (SSSR count). The highest BCUT2D eigenvalue weighted by atomic mass is 16.5. The van der Waals surface area contributed by atoms with Crippen molar-refractivity contribution in [1.82, 2.24) is 62.6 Å². The average molecular weight is 1920 g/mol. The number of fused-ring (bicyclic) bond motifs is 12. The van der Waals surface area contributed by atoms with Crippen LogP contribution in [0.2, 0.25) is 0 Å². The lowest BCUT2D eigenvalue weighted by molar-refractivity contribution is -0.191. The molecule has 0 aliphatic carbocycles. The Morgan fingerprint density at radius 3 is 0.580 bits per heavy atom. The average Bonchev–Trinajstić information content (AvgIpc) is 0.813. The van der Waals surface area contributed by atoms with Gasteiger partial charge in [-0.25, -0.2) is 0 Å². The summed E-state index contributed by atoms with van der Waals surface area (Å²) in [7, 11) is 2.85. The van der Waals surface area contributed by atoms with Gasteiger partial charge in [-0.2, -0.15) is 9.59 Å². The molecule has 15 N–H and O–H groups in total. The second-order valence-corrected chi connectivity index (χ2v) is 50.6. The molecular formula is C114H186N12O12. The SMILES string of the molecule is CC1(C)CNCc2cc(C(C)(C)C)cc(c2O)CNCC(C)(C)CNCc2cc(C(C)(C)C)cc(c2O)CNC1.CCCN1Cc2cc(C(C)(C)C)cc(c2O)CNCC(C)(C)CN(CCC(=O)OC)Cc2cc(C(C)(C)C)cc(c2O)CNCC(C)(C)C1.COC(=O)CCN1Cc2cc(C(C)(C)C)cc(c2O)CNCC(C)(C)CNCc2cc(C(C)(C)C)cc(c2O)CNCC(C)(C)C1.O=C=O. The lowest BCUT2D eigenvalue weighted by Gasteiger charge is -2.35. The lowest BCUT2D eigenvalue weighted by Crippen LogP contribution is -2.41. The van der Waals surface area contributed by atoms with Crippen LogP contribution in [0.5, 0.6) is 34.5 Å². The predicted molar refractivity (Wildman–Crippen MR) is 563 cm³/mol. The summed E-state index contributed by atoms with van der Waals surface area (Å²) in [6.45, 7) is 86.9. The van der Waals surface area contributed by atoms with E-state index in [1.807, 2.05) is 0 Å². The molecule has 0 aromatic heterocycles. The van der Waals surface area contributed by atoms with Crippen molar-refractivity contribution >= 4 is 18.1 Å². The Kier molecular flexibility index (Phi) is 43.2. The zero-order valence-corrected chi connectivity index (χ0v) is 91.6. The van der Waals surface area contributed by atoms with Crippen LogP contribution in [0.1, 0.15) is 334 Å². The maximum atomic E-state index is 12.3. The van der Waals surface area contributed by atoms with Crippen molar-refractivity contribution in [3.05, 3.63) is 173 Å². The van der Waals surface area contributed by atoms with Crippen LogP contribution in [-0.4, -0.2) is 176 Å². The molecule has 3 aliphatic rings. The van der Waals surface area contributed by atoms with Crippen LogP contribution in [-0.2, 0) is 140 Å². The van der Waals surface area contributed by atoms with E-state index >= 15 is 0 Å². The number of benzene rings is 6. The molecule has 6 aromatic rings. The summed E-state index contributed by atoms with van der Waals surface area (Å²) in [5, 5.41) is 101. The maximum Gasteiger partial charge on any atom is 0.373 e. The van der Waals surface area contributed by atoms with Gasteiger partial charge in [-0.1, -0.05) is 287 Å². The van der Waals surface area contributed by atoms with E-state index in [9.17, 15) is 40.2 Å². The standard InChI is InChI=1S/C41H68N4O4.C38H62N4O4.C34H56N4O2.CO2/c1-13-15-44-23-31-19-33(38(2,3)4)17-29(36(31)47)21-43-26-41(10,11)28-45(16-14-35(46)49-12)24-32-20-34(39(5,6)7)18-30(37(32)48)22-42-25-40(8,9)27-44;1-35(2,3)30-14-26-18-39-22-37(7,8)23-40-20-28-16-31(36(4,5)6)17-29(34(28)45)21-42(13-12-32(43)46-11)25-38(9,10)24-41-19-27(15-30)33(26)44;1-31(2,3)27-11-23-15-35-19-33(7,8)21-37-17-25-13-28(32(4,5)6)14-26(30(25)40)18-38-22-34(9,10)20-36-16-24(12-27)29(23)39;2-1-3/h17-20,42-43,47-48H,13-16,21-28H2,1-12H3;14-17,39-41,44-45H,12-13,18-25H2,1-11H3;11-14,35-40H,15-22H2,1-10H3;. The van der Waals surface area contributed by atoms with Gasteiger partial charge < -0.3 is 88.0 Å². The molecule has 6 aromatic carbocycles. The van der Waals surface area contributed by atoms with Crippen LogP contribution in [0.3, 0.4) is 0 Å². The molecule has 12 bridgehead atoms. The Balaban J connectivity index is 0.000000314. The van der Waals surface area contributed by atoms with Gasteiger partial charge in [-0.15, -0.1) is 0 Å². The Morgan fingerprint density at radius 2 is 0.428 bits per heavy atom. The van der Waals surface area contributed by atoms with Gasteiger partial charge in [0.05, 0.1) is 27.1 Å². The van der Waals surface area contributed by atoms with Crippen LogP contribution in [0.25, 0.3) is 0 Å². The van der Waals surface area contributed by atoms with E-state index < -0.39 is 0 Å². The zero-order valence-electron chi connectivity index (χ0n) is 91.6. The molecule has 774 valence electrons. The number of carbonyl (C=O) groups excluding carboxylic acids is 4. The minimum absolute atomic E-state index is 0.00830. The van der Waals surface area contributed by atoms with Crippen molar-refractivity contribution in [3.8, 4) is 34.5 Å². The fraction of sp³-hybridized carbons (Fsp3) is 0.658. The minimum atomic E-state index is -0.248. The van der Waals surface area contributed by atoms with Gasteiger partial charge in [0.1, 0.15) is 34.5 Å². The molecule has 0 unspecified atom stereocenters. The largest absolute Gasteiger partial charge is 0.507 e. The van der Waals surface area contributed by atoms with E-state index in [0.29, 0.717) is 152 Å². The van der Waals surface area contributed by atoms with E-state index in [1.54, 1.807) is 0 Å². The highest BCUT2D eigenvalue weighted by Crippen LogP contribution is 2.41. The first-order chi connectivity index (χ1) is 63.6. The van der Waals surface area contributed by atoms with E-state index in [0.717, 1.165) is 132 Å². The van der Waals surface area contributed by atoms with Crippen molar-refractivity contribution in [2.75, 3.05) is 112 Å². The lowest BCUT2D eigenvalue weighted by atomic mass is 9.84. The van der Waals surface area contributed by atoms with Crippen LogP contribution in [0.4, 0.5) is 0 Å². The predicted octanol–water partition coefficient (Wildman–Crippen LogP) is 18.5. The molecule has 0 saturated carbocycles. The molecule has 24 nitrogen and oxygen atoms in total. The quantitative estimate of drug-likeness (QED) is 0.0630. The Hall–Kier alpha value is -8.04. The number of esters is 2. The van der Waals surface area contributed by atoms with Crippen LogP contribution in [0.15, 0.2) is 72.8 Å². The van der Waals surface area contributed by atoms with Gasteiger partial charge in [0.15, 0.2) is 0 Å². The molecular weight excluding hydrogens is 1730 g/mol. The molecule has 0 spiro atoms. The zero-order chi connectivity index (χ0) is 104. The van der Waals surface area contributed by atoms with E-state index in [4.69, 9.17) is 19.1 Å². The van der Waals surface area contributed by atoms with Crippen molar-refractivity contribution in [2.45, 2.75) is 345 Å². The number of carbonyl (C=O) groups is 2. The number of nitrogens with zero attached hydrogens (tertiary/aromatic N) is 3. The number of phenols is 6. The van der Waals surface area contributed by atoms with Crippen LogP contribution >= 0.6 is 0 Å². The number of hydrogen-bond acceptors (Lipinski definition) is 24. The molecule has 24 heteroatoms. The van der Waals surface area contributed by atoms with Crippen molar-refractivity contribution in [1.29, 1.82) is 0 Å². The molecule has 0 atom stereocenters. The van der Waals surface area contributed by atoms with Gasteiger partial charge in [0, 0.05) is 237 Å². The number of phenolic OH excluding ortho intramolecular Hbond substituents is 6. The van der Waals surface area contributed by atoms with Gasteiger partial charge >= 0.3 is 18.1 Å². The van der Waals surface area contributed by atoms with Crippen LogP contribution < -0.4 is 47.9 Å². The molecule has 3 heterocycles. The molecule has 3 aliphatic heterocycles. The Labute approximate surface area is 832 Å². The second-order valence-electron chi connectivity index (χ2n) is 50.6. The summed E-state index contributed by atoms with van der Waals surface area (Å²) in [5.41, 5.74) is 17.4. The molecule has 0 fully saturated rings. The molecule has 0 amide bonds. The van der Waals surface area contributed by atoms with Crippen molar-refractivity contribution in [3.63, 3.8) is 0 Å². The van der Waals surface area contributed by atoms with Crippen molar-refractivity contribution < 1.29 is 59.3 Å². The minimum Gasteiger partial charge on any atom is -0.507 e. The summed E-state index contributed by atoms with van der Waals surface area (Å²) in [6.07, 6.45) is 1.82. The number of aromatic hydroxyl groups is 6. The van der Waals surface area contributed by atoms with Gasteiger partial charge in [0.2, 0.25) is 0 Å². The summed E-state index contributed by atoms with van der Waals surface area (Å²) in [4.78, 5) is 47.7. The number of nitrogens with one attached hydrogen (secondary N) is 9. The summed E-state index contributed by atoms with van der Waals surface area (Å²) in [6, 6.07) is 25.8. The number of ether oxygens (including phenoxy) is 2. The Morgan fingerprint density at radius 1 is 0.283 bits per heavy atom. The number of methoxy groups -OCH3 is 2. The van der Waals surface area contributed by atoms with E-state index in [1.165, 1.54) is 47.6 Å². The van der Waals surface area contributed by atoms with Gasteiger partial charge in [-0.3, -0.25) is 24.3 Å². The molecule has 0 radical (unpaired) electrons. The third-order valence-corrected chi connectivity index (χ3v) is 26.5. The molecule has 0 saturated heterocycles. The first kappa shape index (κ1) is 119. The molecule has 138 heavy (non-hydrogen) atoms. The van der Waals surface area contributed by atoms with Crippen molar-refractivity contribution in [2.24, 2.45) is 32.5 Å². The maximum absolute atomic E-state index is 12.3. The highest BCUT2D eigenvalue weighted by Gasteiger charge is 2.34. The Bertz CT molecular complexity index is 4800. The smallest absolute Gasteiger partial charge is 0.373 e. The second kappa shape index (κ2) is 50.3. The first-order valence-corrected chi connectivity index (χ1v) is 50.4. The van der Waals surface area contributed by atoms with E-state index in [-0.39, 0.29) is 95.9 Å². The highest BCUT2D eigenvalue weighted by molar-refractivity contribution is 5.69. The third kappa shape index (κ3) is 38.7. The summed E-state index contributed by atoms with van der Waals surface area (Å²) >= 11 is 0. The first-order valence-electron chi connectivity index (χ1n) is 50.4. The van der Waals surface area contributed by atoms with Gasteiger partial charge in [0.25, 0.3) is 0 Å². The monoisotopic (exact) mass is 1920 g/mol. The third-order valence-electron chi connectivity index (χ3n) is 26.5. The van der Waals surface area contributed by atoms with E-state index in [2.05, 4.69) is 350 Å². The van der Waals surface area contributed by atoms with Crippen LogP contribution in [0, 0.1) is 32.5 Å². The topological polar surface area (TPSA) is 326 Å². The fourth-order valence-electron chi connectivity index (χ4n) is 18.1. The number of hydrogen-bond donors (Lipinski definition) is 15.